The van der Waals surface area contributed by atoms with Crippen LogP contribution < -0.4 is 25.1 Å². The molecule has 3 aromatic rings. The number of pyridine rings is 1. The van der Waals surface area contributed by atoms with Gasteiger partial charge < -0.3 is 34.3 Å². The van der Waals surface area contributed by atoms with Crippen LogP contribution in [0.4, 0.5) is 0 Å². The number of aromatic nitrogens is 1. The predicted octanol–water partition coefficient (Wildman–Crippen LogP) is 3.03. The van der Waals surface area contributed by atoms with Crippen molar-refractivity contribution in [3.63, 3.8) is 0 Å². The van der Waals surface area contributed by atoms with Gasteiger partial charge in [0.1, 0.15) is 5.75 Å². The second kappa shape index (κ2) is 12.4. The molecule has 8 nitrogen and oxygen atoms in total. The number of thiocarbonyl (C=S) groups is 1. The highest BCUT2D eigenvalue weighted by atomic mass is 32.1. The smallest absolute Gasteiger partial charge is 0.253 e. The van der Waals surface area contributed by atoms with Gasteiger partial charge in [0.25, 0.3) is 5.56 Å². The van der Waals surface area contributed by atoms with Crippen molar-refractivity contribution >= 4 is 28.2 Å². The summed E-state index contributed by atoms with van der Waals surface area (Å²) in [6.45, 7) is 2.56. The average Bonchev–Trinajstić information content (AvgIpc) is 2.85. The maximum Gasteiger partial charge on any atom is 0.253 e. The van der Waals surface area contributed by atoms with Crippen molar-refractivity contribution < 1.29 is 14.2 Å². The highest BCUT2D eigenvalue weighted by Gasteiger charge is 2.14. The second-order valence-electron chi connectivity index (χ2n) is 8.47. The molecule has 2 aromatic carbocycles. The first-order chi connectivity index (χ1) is 16.8. The molecule has 9 heteroatoms. The predicted molar refractivity (Wildman–Crippen MR) is 144 cm³/mol. The van der Waals surface area contributed by atoms with E-state index in [0.717, 1.165) is 29.4 Å². The first-order valence-electron chi connectivity index (χ1n) is 11.4. The van der Waals surface area contributed by atoms with Crippen LogP contribution in [0.15, 0.2) is 47.3 Å². The van der Waals surface area contributed by atoms with Crippen molar-refractivity contribution in [3.05, 3.63) is 63.9 Å². The van der Waals surface area contributed by atoms with E-state index < -0.39 is 0 Å². The van der Waals surface area contributed by atoms with E-state index in [9.17, 15) is 4.79 Å². The van der Waals surface area contributed by atoms with E-state index in [1.54, 1.807) is 21.3 Å². The van der Waals surface area contributed by atoms with Gasteiger partial charge in [0.2, 0.25) is 0 Å². The van der Waals surface area contributed by atoms with E-state index in [1.807, 2.05) is 61.5 Å². The summed E-state index contributed by atoms with van der Waals surface area (Å²) in [4.78, 5) is 19.9. The number of nitrogens with zero attached hydrogens (tertiary/aromatic N) is 2. The Labute approximate surface area is 211 Å². The Bertz CT molecular complexity index is 1210. The Hall–Kier alpha value is -3.30. The Morgan fingerprint density at radius 1 is 0.971 bits per heavy atom. The molecule has 1 heterocycles. The van der Waals surface area contributed by atoms with Gasteiger partial charge in [0.15, 0.2) is 16.6 Å². The van der Waals surface area contributed by atoms with Gasteiger partial charge >= 0.3 is 0 Å². The van der Waals surface area contributed by atoms with Crippen LogP contribution >= 0.6 is 12.2 Å². The normalized spacial score (nSPS) is 10.9. The van der Waals surface area contributed by atoms with Crippen molar-refractivity contribution in [3.8, 4) is 17.2 Å². The quantitative estimate of drug-likeness (QED) is 0.391. The largest absolute Gasteiger partial charge is 0.497 e. The molecule has 0 saturated carbocycles. The third-order valence-corrected chi connectivity index (χ3v) is 6.14. The van der Waals surface area contributed by atoms with Crippen LogP contribution in [0, 0.1) is 0 Å². The molecule has 0 amide bonds. The lowest BCUT2D eigenvalue weighted by molar-refractivity contribution is 0.322. The number of ether oxygens (including phenoxy) is 3. The minimum atomic E-state index is -0.131. The fourth-order valence-corrected chi connectivity index (χ4v) is 3.97. The minimum absolute atomic E-state index is 0.131. The van der Waals surface area contributed by atoms with Crippen LogP contribution in [0.1, 0.15) is 11.1 Å². The van der Waals surface area contributed by atoms with Crippen LogP contribution in [-0.4, -0.2) is 75.0 Å². The second-order valence-corrected chi connectivity index (χ2v) is 8.86. The maximum atomic E-state index is 12.8. The number of H-pyrrole nitrogens is 1. The number of methoxy groups -OCH3 is 3. The van der Waals surface area contributed by atoms with E-state index in [2.05, 4.69) is 15.2 Å². The molecule has 35 heavy (non-hydrogen) atoms. The number of fused-ring (bicyclic) bond motifs is 1. The van der Waals surface area contributed by atoms with E-state index in [-0.39, 0.29) is 5.56 Å². The molecule has 0 spiro atoms. The van der Waals surface area contributed by atoms with E-state index in [4.69, 9.17) is 26.4 Å². The third-order valence-electron chi connectivity index (χ3n) is 5.73. The van der Waals surface area contributed by atoms with Gasteiger partial charge in [-0.3, -0.25) is 4.79 Å². The lowest BCUT2D eigenvalue weighted by Crippen LogP contribution is -2.43. The van der Waals surface area contributed by atoms with Gasteiger partial charge in [0, 0.05) is 31.3 Å². The van der Waals surface area contributed by atoms with Crippen LogP contribution in [0.3, 0.4) is 0 Å². The summed E-state index contributed by atoms with van der Waals surface area (Å²) < 4.78 is 16.0. The van der Waals surface area contributed by atoms with E-state index in [0.29, 0.717) is 47.6 Å². The van der Waals surface area contributed by atoms with Crippen LogP contribution in [0.2, 0.25) is 0 Å². The van der Waals surface area contributed by atoms with Crippen LogP contribution in [-0.2, 0) is 13.0 Å². The molecule has 0 atom stereocenters. The monoisotopic (exact) mass is 498 g/mol. The van der Waals surface area contributed by atoms with Gasteiger partial charge in [-0.2, -0.15) is 0 Å². The fourth-order valence-electron chi connectivity index (χ4n) is 3.71. The molecule has 0 unspecified atom stereocenters. The molecule has 0 saturated heterocycles. The molecule has 0 aliphatic carbocycles. The third kappa shape index (κ3) is 7.10. The van der Waals surface area contributed by atoms with Gasteiger partial charge in [-0.15, -0.1) is 0 Å². The molecule has 2 N–H and O–H groups in total. The summed E-state index contributed by atoms with van der Waals surface area (Å²) >= 11 is 5.72. The maximum absolute atomic E-state index is 12.8. The standard InChI is InChI=1S/C26H34N4O4S/c1-29(2)12-13-30(17-20-15-19-7-8-21(32-3)16-22(19)28-25(20)31)26(35)27-11-10-18-6-9-23(33-4)24(14-18)34-5/h6-9,14-16H,10-13,17H2,1-5H3,(H,27,35)(H,28,31). The van der Waals surface area contributed by atoms with Crippen molar-refractivity contribution in [2.45, 2.75) is 13.0 Å². The molecular weight excluding hydrogens is 464 g/mol. The summed E-state index contributed by atoms with van der Waals surface area (Å²) in [5.41, 5.74) is 2.38. The van der Waals surface area contributed by atoms with Crippen molar-refractivity contribution in [1.29, 1.82) is 0 Å². The molecule has 1 aromatic heterocycles. The molecule has 0 bridgehead atoms. The first-order valence-corrected chi connectivity index (χ1v) is 11.8. The number of rotatable bonds is 11. The van der Waals surface area contributed by atoms with Gasteiger partial charge in [-0.05, 0) is 74.0 Å². The number of nitrogens with one attached hydrogen (secondary N) is 2. The molecule has 188 valence electrons. The van der Waals surface area contributed by atoms with E-state index in [1.165, 1.54) is 0 Å². The lowest BCUT2D eigenvalue weighted by atomic mass is 10.1. The van der Waals surface area contributed by atoms with Crippen LogP contribution in [0.25, 0.3) is 10.9 Å². The lowest BCUT2D eigenvalue weighted by Gasteiger charge is -2.27. The summed E-state index contributed by atoms with van der Waals surface area (Å²) in [5.74, 6) is 2.11. The summed E-state index contributed by atoms with van der Waals surface area (Å²) in [7, 11) is 8.89. The highest BCUT2D eigenvalue weighted by Crippen LogP contribution is 2.27. The Morgan fingerprint density at radius 2 is 1.74 bits per heavy atom. The molecule has 0 aliphatic heterocycles. The number of likely N-dealkylation sites (N-methyl/N-ethyl adjacent to an activating group) is 1. The number of benzene rings is 2. The zero-order valence-electron chi connectivity index (χ0n) is 21.0. The van der Waals surface area contributed by atoms with Crippen molar-refractivity contribution in [2.75, 3.05) is 55.1 Å². The van der Waals surface area contributed by atoms with Crippen LogP contribution in [0.5, 0.6) is 17.2 Å². The summed E-state index contributed by atoms with van der Waals surface area (Å²) in [6.07, 6.45) is 0.764. The zero-order chi connectivity index (χ0) is 25.4. The molecule has 0 aliphatic rings. The van der Waals surface area contributed by atoms with Gasteiger partial charge in [-0.1, -0.05) is 6.07 Å². The van der Waals surface area contributed by atoms with Gasteiger partial charge in [0.05, 0.1) is 33.4 Å². The first kappa shape index (κ1) is 26.3. The number of hydrogen-bond donors (Lipinski definition) is 2. The molecule has 3 rings (SSSR count). The number of hydrogen-bond acceptors (Lipinski definition) is 6. The SMILES string of the molecule is COc1ccc2cc(CN(CCN(C)C)C(=S)NCCc3ccc(OC)c(OC)c3)c(=O)[nH]c2c1. The molecule has 0 radical (unpaired) electrons. The zero-order valence-corrected chi connectivity index (χ0v) is 21.8. The molecular formula is C26H34N4O4S. The summed E-state index contributed by atoms with van der Waals surface area (Å²) in [6, 6.07) is 13.5. The Balaban J connectivity index is 1.70. The van der Waals surface area contributed by atoms with Crippen molar-refractivity contribution in [1.82, 2.24) is 20.1 Å². The number of aromatic amines is 1. The minimum Gasteiger partial charge on any atom is -0.497 e. The Morgan fingerprint density at radius 3 is 2.43 bits per heavy atom. The Kier molecular flexibility index (Phi) is 9.33. The van der Waals surface area contributed by atoms with E-state index >= 15 is 0 Å². The molecule has 0 fully saturated rings. The average molecular weight is 499 g/mol. The van der Waals surface area contributed by atoms with Gasteiger partial charge in [-0.25, -0.2) is 0 Å². The highest BCUT2D eigenvalue weighted by molar-refractivity contribution is 7.80. The topological polar surface area (TPSA) is 79.1 Å². The fraction of sp³-hybridized carbons (Fsp3) is 0.385. The van der Waals surface area contributed by atoms with Crippen molar-refractivity contribution in [2.24, 2.45) is 0 Å². The summed E-state index contributed by atoms with van der Waals surface area (Å²) in [5, 5.41) is 4.91.